The van der Waals surface area contributed by atoms with Crippen LogP contribution in [0.2, 0.25) is 0 Å². The summed E-state index contributed by atoms with van der Waals surface area (Å²) >= 11 is 0. The number of unbranched alkanes of at least 4 members (excludes halogenated alkanes) is 2. The van der Waals surface area contributed by atoms with Crippen LogP contribution in [0.1, 0.15) is 76.7 Å². The second-order valence-corrected chi connectivity index (χ2v) is 8.09. The molecule has 3 heteroatoms. The number of aryl methyl sites for hydroxylation is 1. The van der Waals surface area contributed by atoms with Gasteiger partial charge < -0.3 is 5.32 Å². The molecule has 3 nitrogen and oxygen atoms in total. The molecule has 2 rings (SSSR count). The van der Waals surface area contributed by atoms with Crippen molar-refractivity contribution in [2.75, 3.05) is 13.6 Å². The first-order valence-corrected chi connectivity index (χ1v) is 11.0. The fraction of sp³-hybridized carbons (Fsp3) is 0.667. The molecule has 1 aromatic rings. The van der Waals surface area contributed by atoms with Gasteiger partial charge in [0, 0.05) is 13.6 Å². The summed E-state index contributed by atoms with van der Waals surface area (Å²) in [6, 6.07) is 10.7. The zero-order chi connectivity index (χ0) is 19.3. The van der Waals surface area contributed by atoms with E-state index in [1.807, 2.05) is 0 Å². The van der Waals surface area contributed by atoms with Crippen molar-refractivity contribution >= 4 is 11.6 Å². The third-order valence-electron chi connectivity index (χ3n) is 6.04. The number of amides is 1. The van der Waals surface area contributed by atoms with Gasteiger partial charge in [-0.25, -0.2) is 0 Å². The van der Waals surface area contributed by atoms with Crippen molar-refractivity contribution in [1.29, 1.82) is 0 Å². The first-order chi connectivity index (χ1) is 13.2. The molecule has 27 heavy (non-hydrogen) atoms. The minimum atomic E-state index is 0.0620. The van der Waals surface area contributed by atoms with Crippen LogP contribution < -0.4 is 5.32 Å². The van der Waals surface area contributed by atoms with E-state index in [1.54, 1.807) is 7.05 Å². The minimum Gasteiger partial charge on any atom is -0.351 e. The molecule has 0 bridgehead atoms. The monoisotopic (exact) mass is 370 g/mol. The highest BCUT2D eigenvalue weighted by atomic mass is 16.1. The summed E-state index contributed by atoms with van der Waals surface area (Å²) in [5.74, 6) is 1.31. The summed E-state index contributed by atoms with van der Waals surface area (Å²) in [5, 5.41) is 3.13. The van der Waals surface area contributed by atoms with E-state index in [0.717, 1.165) is 25.1 Å². The van der Waals surface area contributed by atoms with Crippen LogP contribution in [0.5, 0.6) is 0 Å². The van der Waals surface area contributed by atoms with Crippen molar-refractivity contribution in [3.63, 3.8) is 0 Å². The molecule has 1 aliphatic carbocycles. The largest absolute Gasteiger partial charge is 0.351 e. The van der Waals surface area contributed by atoms with E-state index in [9.17, 15) is 4.79 Å². The van der Waals surface area contributed by atoms with Gasteiger partial charge in [0.25, 0.3) is 5.91 Å². The maximum absolute atomic E-state index is 12.5. The number of benzene rings is 1. The van der Waals surface area contributed by atoms with Crippen LogP contribution in [0.4, 0.5) is 0 Å². The van der Waals surface area contributed by atoms with Crippen LogP contribution in [0.25, 0.3) is 0 Å². The number of aliphatic imine (C=N–C) groups is 1. The highest BCUT2D eigenvalue weighted by Gasteiger charge is 2.19. The smallest absolute Gasteiger partial charge is 0.265 e. The SMILES string of the molecule is CCC(CCCCCc1ccccc1)CC(=NC)C(=O)NCC1CCCC1. The first-order valence-electron chi connectivity index (χ1n) is 11.0. The Morgan fingerprint density at radius 1 is 1.15 bits per heavy atom. The molecule has 1 aromatic carbocycles. The maximum atomic E-state index is 12.5. The molecule has 1 N–H and O–H groups in total. The molecule has 0 spiro atoms. The van der Waals surface area contributed by atoms with Gasteiger partial charge in [0.15, 0.2) is 0 Å². The van der Waals surface area contributed by atoms with Crippen LogP contribution in [0.15, 0.2) is 35.3 Å². The predicted octanol–water partition coefficient (Wildman–Crippen LogP) is 5.58. The Morgan fingerprint density at radius 3 is 2.56 bits per heavy atom. The molecule has 0 heterocycles. The molecular formula is C24H38N2O. The van der Waals surface area contributed by atoms with Gasteiger partial charge in [-0.1, -0.05) is 75.8 Å². The Labute approximate surface area is 166 Å². The second kappa shape index (κ2) is 12.7. The summed E-state index contributed by atoms with van der Waals surface area (Å²) in [4.78, 5) is 16.8. The van der Waals surface area contributed by atoms with Gasteiger partial charge in [-0.3, -0.25) is 9.79 Å². The van der Waals surface area contributed by atoms with E-state index in [0.29, 0.717) is 11.8 Å². The van der Waals surface area contributed by atoms with Crippen LogP contribution >= 0.6 is 0 Å². The van der Waals surface area contributed by atoms with E-state index < -0.39 is 0 Å². The molecule has 1 saturated carbocycles. The van der Waals surface area contributed by atoms with Gasteiger partial charge >= 0.3 is 0 Å². The van der Waals surface area contributed by atoms with Crippen molar-refractivity contribution in [2.24, 2.45) is 16.8 Å². The third kappa shape index (κ3) is 8.28. The van der Waals surface area contributed by atoms with Crippen LogP contribution in [0, 0.1) is 11.8 Å². The van der Waals surface area contributed by atoms with Crippen LogP contribution in [0.3, 0.4) is 0 Å². The van der Waals surface area contributed by atoms with Gasteiger partial charge in [-0.2, -0.15) is 0 Å². The summed E-state index contributed by atoms with van der Waals surface area (Å²) in [7, 11) is 1.76. The van der Waals surface area contributed by atoms with E-state index in [1.165, 1.54) is 63.4 Å². The van der Waals surface area contributed by atoms with Crippen LogP contribution in [-0.4, -0.2) is 25.2 Å². The molecule has 1 unspecified atom stereocenters. The predicted molar refractivity (Wildman–Crippen MR) is 115 cm³/mol. The normalized spacial score (nSPS) is 16.4. The van der Waals surface area contributed by atoms with Crippen molar-refractivity contribution in [2.45, 2.75) is 77.6 Å². The Balaban J connectivity index is 1.64. The number of hydrogen-bond donors (Lipinski definition) is 1. The molecule has 0 saturated heterocycles. The molecule has 1 amide bonds. The number of rotatable bonds is 12. The van der Waals surface area contributed by atoms with E-state index in [2.05, 4.69) is 47.6 Å². The number of nitrogens with zero attached hydrogens (tertiary/aromatic N) is 1. The summed E-state index contributed by atoms with van der Waals surface area (Å²) < 4.78 is 0. The molecule has 0 aliphatic heterocycles. The van der Waals surface area contributed by atoms with Gasteiger partial charge in [0.1, 0.15) is 0 Å². The lowest BCUT2D eigenvalue weighted by atomic mass is 9.92. The number of carbonyl (C=O) groups excluding carboxylic acids is 1. The standard InChI is InChI=1S/C24H38N2O/c1-3-20(12-6-4-7-13-21-14-8-5-9-15-21)18-23(25-2)24(27)26-19-22-16-10-11-17-22/h5,8-9,14-15,20,22H,3-4,6-7,10-13,16-19H2,1-2H3,(H,26,27). The molecule has 1 atom stereocenters. The Kier molecular flexibility index (Phi) is 10.2. The average molecular weight is 371 g/mol. The summed E-state index contributed by atoms with van der Waals surface area (Å²) in [5.41, 5.74) is 2.17. The average Bonchev–Trinajstić information content (AvgIpc) is 3.22. The number of hydrogen-bond acceptors (Lipinski definition) is 2. The van der Waals surface area contributed by atoms with Gasteiger partial charge in [0.2, 0.25) is 0 Å². The number of carbonyl (C=O) groups is 1. The fourth-order valence-electron chi connectivity index (χ4n) is 4.15. The zero-order valence-electron chi connectivity index (χ0n) is 17.4. The Bertz CT molecular complexity index is 561. The van der Waals surface area contributed by atoms with E-state index >= 15 is 0 Å². The van der Waals surface area contributed by atoms with Crippen molar-refractivity contribution in [3.05, 3.63) is 35.9 Å². The van der Waals surface area contributed by atoms with Gasteiger partial charge in [0.05, 0.1) is 5.71 Å². The third-order valence-corrected chi connectivity index (χ3v) is 6.04. The second-order valence-electron chi connectivity index (χ2n) is 8.09. The van der Waals surface area contributed by atoms with E-state index in [4.69, 9.17) is 0 Å². The van der Waals surface area contributed by atoms with Crippen molar-refractivity contribution in [3.8, 4) is 0 Å². The minimum absolute atomic E-state index is 0.0620. The summed E-state index contributed by atoms with van der Waals surface area (Å²) in [6.45, 7) is 3.06. The Hall–Kier alpha value is -1.64. The lowest BCUT2D eigenvalue weighted by Crippen LogP contribution is -2.35. The molecule has 0 aromatic heterocycles. The molecule has 0 radical (unpaired) electrons. The van der Waals surface area contributed by atoms with Crippen molar-refractivity contribution < 1.29 is 4.79 Å². The topological polar surface area (TPSA) is 41.5 Å². The first kappa shape index (κ1) is 21.7. The van der Waals surface area contributed by atoms with E-state index in [-0.39, 0.29) is 5.91 Å². The molecular weight excluding hydrogens is 332 g/mol. The van der Waals surface area contributed by atoms with Crippen LogP contribution in [-0.2, 0) is 11.2 Å². The fourth-order valence-corrected chi connectivity index (χ4v) is 4.15. The van der Waals surface area contributed by atoms with Crippen molar-refractivity contribution in [1.82, 2.24) is 5.32 Å². The highest BCUT2D eigenvalue weighted by molar-refractivity contribution is 6.38. The molecule has 1 aliphatic rings. The number of nitrogens with one attached hydrogen (secondary N) is 1. The lowest BCUT2D eigenvalue weighted by molar-refractivity contribution is -0.115. The zero-order valence-corrected chi connectivity index (χ0v) is 17.4. The van der Waals surface area contributed by atoms with Gasteiger partial charge in [-0.15, -0.1) is 0 Å². The molecule has 150 valence electrons. The Morgan fingerprint density at radius 2 is 1.89 bits per heavy atom. The highest BCUT2D eigenvalue weighted by Crippen LogP contribution is 2.24. The van der Waals surface area contributed by atoms with Gasteiger partial charge in [-0.05, 0) is 49.5 Å². The summed E-state index contributed by atoms with van der Waals surface area (Å²) in [6.07, 6.45) is 13.2. The maximum Gasteiger partial charge on any atom is 0.265 e. The molecule has 1 fully saturated rings. The quantitative estimate of drug-likeness (QED) is 0.378. The lowest BCUT2D eigenvalue weighted by Gasteiger charge is -2.17.